The molecule has 40 heavy (non-hydrogen) atoms. The summed E-state index contributed by atoms with van der Waals surface area (Å²) in [5.74, 6) is -4.92. The lowest BCUT2D eigenvalue weighted by Gasteiger charge is -2.45. The largest absolute Gasteiger partial charge is 0.475 e. The fourth-order valence-corrected chi connectivity index (χ4v) is 5.24. The first-order chi connectivity index (χ1) is 19.2. The zero-order valence-corrected chi connectivity index (χ0v) is 22.1. The van der Waals surface area contributed by atoms with Gasteiger partial charge >= 0.3 is 5.92 Å². The summed E-state index contributed by atoms with van der Waals surface area (Å²) in [4.78, 5) is 17.3. The summed E-state index contributed by atoms with van der Waals surface area (Å²) in [6.07, 6.45) is 0.472. The van der Waals surface area contributed by atoms with Crippen LogP contribution in [0.1, 0.15) is 50.5 Å². The fraction of sp³-hybridized carbons (Fsp3) is 0.571. The molecule has 0 saturated heterocycles. The third-order valence-corrected chi connectivity index (χ3v) is 7.53. The Labute approximate surface area is 230 Å². The molecular formula is C28H35F4N5O3. The lowest BCUT2D eigenvalue weighted by Crippen LogP contribution is -2.63. The molecule has 5 atom stereocenters. The molecule has 1 fully saturated rings. The number of nitrogens with zero attached hydrogens (tertiary/aromatic N) is 4. The van der Waals surface area contributed by atoms with Crippen molar-refractivity contribution in [1.82, 2.24) is 0 Å². The van der Waals surface area contributed by atoms with Crippen molar-refractivity contribution < 1.29 is 32.2 Å². The summed E-state index contributed by atoms with van der Waals surface area (Å²) in [5.41, 5.74) is 3.67. The van der Waals surface area contributed by atoms with Crippen LogP contribution in [0.5, 0.6) is 0 Å². The first-order valence-electron chi connectivity index (χ1n) is 13.5. The van der Waals surface area contributed by atoms with Gasteiger partial charge in [0.15, 0.2) is 11.5 Å². The lowest BCUT2D eigenvalue weighted by molar-refractivity contribution is -0.184. The minimum atomic E-state index is -3.88. The van der Waals surface area contributed by atoms with Gasteiger partial charge in [-0.2, -0.15) is 8.78 Å². The molecule has 4 rings (SSSR count). The predicted octanol–water partition coefficient (Wildman–Crippen LogP) is 4.71. The monoisotopic (exact) mass is 565 g/mol. The van der Waals surface area contributed by atoms with Gasteiger partial charge in [0.2, 0.25) is 0 Å². The highest BCUT2D eigenvalue weighted by Crippen LogP contribution is 2.46. The van der Waals surface area contributed by atoms with E-state index in [0.717, 1.165) is 17.5 Å². The quantitative estimate of drug-likeness (QED) is 0.185. The van der Waals surface area contributed by atoms with Crippen LogP contribution in [0.25, 0.3) is 0 Å². The van der Waals surface area contributed by atoms with Gasteiger partial charge in [0.1, 0.15) is 25.1 Å². The summed E-state index contributed by atoms with van der Waals surface area (Å²) >= 11 is 0. The maximum atomic E-state index is 15.7. The van der Waals surface area contributed by atoms with Gasteiger partial charge in [-0.3, -0.25) is 9.98 Å². The molecule has 3 aliphatic rings. The second kappa shape index (κ2) is 13.4. The average Bonchev–Trinajstić information content (AvgIpc) is 2.95. The minimum Gasteiger partial charge on any atom is -0.475 e. The molecule has 1 aliphatic carbocycles. The van der Waals surface area contributed by atoms with Crippen LogP contribution in [0.15, 0.2) is 62.2 Å². The standard InChI is InChI=1S/C28H35F4N5O3/c29-21-7-9-23(24(30)12-21)27(38,17-34-18-33)28(31,32)25-10-8-22(15-35-25)40-26-11-6-20(13-36-26)14-37-39-16-19-4-2-1-3-5-19/h1-5,13-14,18,21-24,38H,6-12,15-17H2,(H2,33,34)/b37-14-. The Bertz CT molecular complexity index is 1140. The van der Waals surface area contributed by atoms with E-state index in [1.807, 2.05) is 30.3 Å². The Balaban J connectivity index is 1.34. The molecule has 0 spiro atoms. The van der Waals surface area contributed by atoms with Gasteiger partial charge in [-0.05, 0) is 43.2 Å². The van der Waals surface area contributed by atoms with Crippen molar-refractivity contribution in [3.05, 3.63) is 47.7 Å². The Hall–Kier alpha value is -3.28. The zero-order chi connectivity index (χ0) is 28.6. The van der Waals surface area contributed by atoms with Crippen LogP contribution >= 0.6 is 0 Å². The number of hydrogen-bond acceptors (Lipinski definition) is 7. The van der Waals surface area contributed by atoms with Gasteiger partial charge in [-0.1, -0.05) is 35.5 Å². The van der Waals surface area contributed by atoms with E-state index in [-0.39, 0.29) is 32.2 Å². The van der Waals surface area contributed by atoms with Crippen molar-refractivity contribution in [1.29, 1.82) is 0 Å². The van der Waals surface area contributed by atoms with E-state index in [4.69, 9.17) is 15.3 Å². The highest BCUT2D eigenvalue weighted by molar-refractivity contribution is 5.93. The number of aliphatic imine (C=N–C) groups is 3. The molecule has 2 aliphatic heterocycles. The van der Waals surface area contributed by atoms with Gasteiger partial charge in [0, 0.05) is 25.0 Å². The Kier molecular flexibility index (Phi) is 9.94. The number of benzene rings is 1. The summed E-state index contributed by atoms with van der Waals surface area (Å²) in [6.45, 7) is -0.526. The summed E-state index contributed by atoms with van der Waals surface area (Å²) in [6, 6.07) is 9.65. The molecule has 0 amide bonds. The van der Waals surface area contributed by atoms with E-state index in [1.165, 1.54) is 0 Å². The second-order valence-electron chi connectivity index (χ2n) is 10.3. The Morgan fingerprint density at radius 3 is 2.55 bits per heavy atom. The minimum absolute atomic E-state index is 0.0676. The van der Waals surface area contributed by atoms with Crippen molar-refractivity contribution in [3.63, 3.8) is 0 Å². The molecule has 1 aromatic carbocycles. The summed E-state index contributed by atoms with van der Waals surface area (Å²) in [5, 5.41) is 15.1. The predicted molar refractivity (Wildman–Crippen MR) is 145 cm³/mol. The molecule has 3 N–H and O–H groups in total. The first-order valence-corrected chi connectivity index (χ1v) is 13.5. The molecule has 218 valence electrons. The summed E-state index contributed by atoms with van der Waals surface area (Å²) < 4.78 is 65.8. The van der Waals surface area contributed by atoms with E-state index in [9.17, 15) is 13.9 Å². The molecule has 1 aromatic rings. The lowest BCUT2D eigenvalue weighted by atomic mass is 9.70. The molecule has 2 heterocycles. The number of aliphatic hydroxyl groups is 1. The van der Waals surface area contributed by atoms with E-state index in [0.29, 0.717) is 25.3 Å². The van der Waals surface area contributed by atoms with Crippen molar-refractivity contribution in [2.24, 2.45) is 31.8 Å². The normalized spacial score (nSPS) is 27.6. The molecular weight excluding hydrogens is 530 g/mol. The van der Waals surface area contributed by atoms with Crippen LogP contribution in [0.2, 0.25) is 0 Å². The topological polar surface area (TPSA) is 114 Å². The molecule has 1 saturated carbocycles. The van der Waals surface area contributed by atoms with Gasteiger partial charge in [0.05, 0.1) is 31.4 Å². The van der Waals surface area contributed by atoms with E-state index in [1.54, 1.807) is 12.4 Å². The van der Waals surface area contributed by atoms with Crippen LogP contribution in [0.4, 0.5) is 17.6 Å². The number of halogens is 4. The van der Waals surface area contributed by atoms with Gasteiger partial charge in [0.25, 0.3) is 0 Å². The highest BCUT2D eigenvalue weighted by atomic mass is 19.3. The third-order valence-electron chi connectivity index (χ3n) is 7.53. The molecule has 8 nitrogen and oxygen atoms in total. The second-order valence-corrected chi connectivity index (χ2v) is 10.3. The molecule has 0 aromatic heterocycles. The Morgan fingerprint density at radius 1 is 1.10 bits per heavy atom. The number of oxime groups is 1. The number of allylic oxidation sites excluding steroid dienone is 1. The van der Waals surface area contributed by atoms with Crippen LogP contribution in [0, 0.1) is 5.92 Å². The van der Waals surface area contributed by atoms with Gasteiger partial charge < -0.3 is 20.4 Å². The number of hydrogen-bond donors (Lipinski definition) is 2. The Morgan fingerprint density at radius 2 is 1.90 bits per heavy atom. The van der Waals surface area contributed by atoms with Gasteiger partial charge in [-0.25, -0.2) is 13.8 Å². The number of ether oxygens (including phenoxy) is 1. The maximum absolute atomic E-state index is 15.7. The van der Waals surface area contributed by atoms with E-state index in [2.05, 4.69) is 20.1 Å². The number of alkyl halides is 4. The van der Waals surface area contributed by atoms with E-state index < -0.39 is 54.6 Å². The van der Waals surface area contributed by atoms with Crippen molar-refractivity contribution in [3.8, 4) is 0 Å². The van der Waals surface area contributed by atoms with Crippen LogP contribution in [0.3, 0.4) is 0 Å². The fourth-order valence-electron chi connectivity index (χ4n) is 5.24. The number of nitrogens with two attached hydrogens (primary N) is 1. The smallest absolute Gasteiger partial charge is 0.315 e. The maximum Gasteiger partial charge on any atom is 0.315 e. The first kappa shape index (κ1) is 29.7. The van der Waals surface area contributed by atoms with Crippen molar-refractivity contribution in [2.45, 2.75) is 81.5 Å². The molecule has 0 radical (unpaired) electrons. The summed E-state index contributed by atoms with van der Waals surface area (Å²) in [7, 11) is 0. The van der Waals surface area contributed by atoms with Gasteiger partial charge in [-0.15, -0.1) is 0 Å². The molecule has 12 heteroatoms. The zero-order valence-electron chi connectivity index (χ0n) is 22.1. The third kappa shape index (κ3) is 7.07. The van der Waals surface area contributed by atoms with Crippen LogP contribution in [-0.4, -0.2) is 72.3 Å². The van der Waals surface area contributed by atoms with Crippen molar-refractivity contribution in [2.75, 3.05) is 13.1 Å². The average molecular weight is 566 g/mol. The van der Waals surface area contributed by atoms with E-state index >= 15 is 8.78 Å². The molecule has 0 bridgehead atoms. The van der Waals surface area contributed by atoms with Crippen LogP contribution < -0.4 is 5.73 Å². The highest BCUT2D eigenvalue weighted by Gasteiger charge is 2.62. The molecule has 5 unspecified atom stereocenters. The number of rotatable bonds is 10. The van der Waals surface area contributed by atoms with Crippen LogP contribution in [-0.2, 0) is 16.2 Å². The van der Waals surface area contributed by atoms with Crippen molar-refractivity contribution >= 4 is 24.2 Å². The SMILES string of the molecule is NC=NCC(O)(C1CCC(F)CC1F)C(F)(F)C1=NCC(OC2=NC=C(/C=N\OCc3ccccc3)CC2)CC1.